The summed E-state index contributed by atoms with van der Waals surface area (Å²) in [7, 11) is 0. The van der Waals surface area contributed by atoms with Gasteiger partial charge >= 0.3 is 6.18 Å². The van der Waals surface area contributed by atoms with Crippen LogP contribution >= 0.6 is 11.3 Å². The van der Waals surface area contributed by atoms with Crippen LogP contribution in [0, 0.1) is 0 Å². The van der Waals surface area contributed by atoms with Crippen LogP contribution in [-0.2, 0) is 12.7 Å². The van der Waals surface area contributed by atoms with Crippen molar-refractivity contribution in [2.24, 2.45) is 5.73 Å². The topological polar surface area (TPSA) is 38.9 Å². The van der Waals surface area contributed by atoms with E-state index >= 15 is 0 Å². The Labute approximate surface area is 99.9 Å². The molecule has 0 fully saturated rings. The number of nitrogens with zero attached hydrogens (tertiary/aromatic N) is 1. The highest BCUT2D eigenvalue weighted by molar-refractivity contribution is 7.15. The number of rotatable bonds is 2. The maximum atomic E-state index is 12.4. The molecule has 0 unspecified atom stereocenters. The molecule has 0 spiro atoms. The molecule has 2 nitrogen and oxygen atoms in total. The van der Waals surface area contributed by atoms with E-state index in [1.54, 1.807) is 24.3 Å². The van der Waals surface area contributed by atoms with E-state index in [0.29, 0.717) is 22.8 Å². The average Bonchev–Trinajstić information content (AvgIpc) is 2.78. The van der Waals surface area contributed by atoms with Gasteiger partial charge in [0, 0.05) is 12.7 Å². The average molecular weight is 258 g/mol. The van der Waals surface area contributed by atoms with Crippen LogP contribution in [0.3, 0.4) is 0 Å². The van der Waals surface area contributed by atoms with Crippen molar-refractivity contribution >= 4 is 11.3 Å². The van der Waals surface area contributed by atoms with Gasteiger partial charge in [0.15, 0.2) is 5.01 Å². The predicted octanol–water partition coefficient (Wildman–Crippen LogP) is 3.29. The van der Waals surface area contributed by atoms with Gasteiger partial charge in [-0.2, -0.15) is 13.2 Å². The molecule has 0 radical (unpaired) electrons. The lowest BCUT2D eigenvalue weighted by Gasteiger charge is -2.00. The van der Waals surface area contributed by atoms with Crippen LogP contribution in [0.5, 0.6) is 0 Å². The molecule has 0 aliphatic heterocycles. The van der Waals surface area contributed by atoms with Gasteiger partial charge < -0.3 is 5.73 Å². The molecule has 1 heterocycles. The van der Waals surface area contributed by atoms with Gasteiger partial charge in [-0.05, 0) is 11.1 Å². The maximum absolute atomic E-state index is 12.4. The monoisotopic (exact) mass is 258 g/mol. The summed E-state index contributed by atoms with van der Waals surface area (Å²) in [5, 5.41) is -0.824. The smallest absolute Gasteiger partial charge is 0.326 e. The van der Waals surface area contributed by atoms with Gasteiger partial charge in [0.2, 0.25) is 0 Å². The van der Waals surface area contributed by atoms with Crippen LogP contribution in [-0.4, -0.2) is 4.98 Å². The summed E-state index contributed by atoms with van der Waals surface area (Å²) < 4.78 is 37.1. The van der Waals surface area contributed by atoms with Crippen molar-refractivity contribution in [3.05, 3.63) is 41.0 Å². The fraction of sp³-hybridized carbons (Fsp3) is 0.182. The minimum atomic E-state index is -4.37. The van der Waals surface area contributed by atoms with E-state index in [0.717, 1.165) is 11.1 Å². The summed E-state index contributed by atoms with van der Waals surface area (Å²) in [6.07, 6.45) is -3.13. The van der Waals surface area contributed by atoms with Crippen molar-refractivity contribution in [1.29, 1.82) is 0 Å². The summed E-state index contributed by atoms with van der Waals surface area (Å²) >= 11 is 0.639. The van der Waals surface area contributed by atoms with Crippen LogP contribution < -0.4 is 5.73 Å². The van der Waals surface area contributed by atoms with E-state index in [9.17, 15) is 13.2 Å². The quantitative estimate of drug-likeness (QED) is 0.897. The van der Waals surface area contributed by atoms with Crippen molar-refractivity contribution < 1.29 is 13.2 Å². The van der Waals surface area contributed by atoms with Crippen LogP contribution in [0.25, 0.3) is 10.4 Å². The molecule has 0 amide bonds. The zero-order chi connectivity index (χ0) is 12.5. The molecule has 0 saturated heterocycles. The summed E-state index contributed by atoms with van der Waals surface area (Å²) in [6, 6.07) is 7.08. The zero-order valence-electron chi connectivity index (χ0n) is 8.66. The van der Waals surface area contributed by atoms with Crippen LogP contribution in [0.15, 0.2) is 30.5 Å². The summed E-state index contributed by atoms with van der Waals surface area (Å²) in [5.74, 6) is 0. The van der Waals surface area contributed by atoms with Crippen molar-refractivity contribution in [1.82, 2.24) is 4.98 Å². The van der Waals surface area contributed by atoms with Gasteiger partial charge in [-0.15, -0.1) is 11.3 Å². The first-order chi connectivity index (χ1) is 8.00. The highest BCUT2D eigenvalue weighted by atomic mass is 32.1. The predicted molar refractivity (Wildman–Crippen MR) is 60.4 cm³/mol. The Balaban J connectivity index is 2.30. The van der Waals surface area contributed by atoms with Crippen molar-refractivity contribution in [2.75, 3.05) is 0 Å². The first-order valence-electron chi connectivity index (χ1n) is 4.83. The van der Waals surface area contributed by atoms with Crippen LogP contribution in [0.4, 0.5) is 13.2 Å². The Morgan fingerprint density at radius 2 is 1.82 bits per heavy atom. The van der Waals surface area contributed by atoms with Crippen molar-refractivity contribution in [3.8, 4) is 10.4 Å². The number of nitrogens with two attached hydrogens (primary N) is 1. The second-order valence-electron chi connectivity index (χ2n) is 3.43. The van der Waals surface area contributed by atoms with Gasteiger partial charge in [-0.1, -0.05) is 24.3 Å². The van der Waals surface area contributed by atoms with Crippen molar-refractivity contribution in [2.45, 2.75) is 12.7 Å². The first-order valence-corrected chi connectivity index (χ1v) is 5.65. The number of hydrogen-bond donors (Lipinski definition) is 1. The minimum absolute atomic E-state index is 0.413. The Kier molecular flexibility index (Phi) is 3.17. The Morgan fingerprint density at radius 1 is 1.18 bits per heavy atom. The van der Waals surface area contributed by atoms with Crippen molar-refractivity contribution in [3.63, 3.8) is 0 Å². The highest BCUT2D eigenvalue weighted by Crippen LogP contribution is 2.36. The summed E-state index contributed by atoms with van der Waals surface area (Å²) in [6.45, 7) is 0.413. The second kappa shape index (κ2) is 4.46. The third kappa shape index (κ3) is 2.65. The van der Waals surface area contributed by atoms with Gasteiger partial charge in [0.05, 0.1) is 4.88 Å². The van der Waals surface area contributed by atoms with Gasteiger partial charge in [-0.25, -0.2) is 4.98 Å². The molecule has 0 bridgehead atoms. The number of halogens is 3. The van der Waals surface area contributed by atoms with E-state index in [2.05, 4.69) is 4.98 Å². The SMILES string of the molecule is NCc1ccc(-c2cnc(C(F)(F)F)s2)cc1. The minimum Gasteiger partial charge on any atom is -0.326 e. The number of thiazole rings is 1. The molecule has 0 saturated carbocycles. The fourth-order valence-corrected chi connectivity index (χ4v) is 2.13. The van der Waals surface area contributed by atoms with E-state index in [1.165, 1.54) is 6.20 Å². The molecular formula is C11H9F3N2S. The van der Waals surface area contributed by atoms with E-state index in [-0.39, 0.29) is 0 Å². The molecule has 17 heavy (non-hydrogen) atoms. The van der Waals surface area contributed by atoms with Gasteiger partial charge in [-0.3, -0.25) is 0 Å². The molecular weight excluding hydrogens is 249 g/mol. The molecule has 2 rings (SSSR count). The van der Waals surface area contributed by atoms with Gasteiger partial charge in [0.25, 0.3) is 0 Å². The third-order valence-electron chi connectivity index (χ3n) is 2.22. The van der Waals surface area contributed by atoms with E-state index < -0.39 is 11.2 Å². The molecule has 2 aromatic rings. The second-order valence-corrected chi connectivity index (χ2v) is 4.46. The van der Waals surface area contributed by atoms with Crippen LogP contribution in [0.1, 0.15) is 10.6 Å². The normalized spacial score (nSPS) is 11.8. The molecule has 1 aromatic carbocycles. The maximum Gasteiger partial charge on any atom is 0.443 e. The standard InChI is InChI=1S/C11H9F3N2S/c12-11(13,14)10-16-6-9(17-10)8-3-1-7(5-15)2-4-8/h1-4,6H,5,15H2. The molecule has 0 aliphatic rings. The van der Waals surface area contributed by atoms with E-state index in [4.69, 9.17) is 5.73 Å². The Bertz CT molecular complexity index is 502. The van der Waals surface area contributed by atoms with Crippen LogP contribution in [0.2, 0.25) is 0 Å². The molecule has 90 valence electrons. The third-order valence-corrected chi connectivity index (χ3v) is 3.31. The Hall–Kier alpha value is -1.40. The summed E-state index contributed by atoms with van der Waals surface area (Å²) in [5.41, 5.74) is 7.10. The molecule has 0 atom stereocenters. The summed E-state index contributed by atoms with van der Waals surface area (Å²) in [4.78, 5) is 3.88. The lowest BCUT2D eigenvalue weighted by atomic mass is 10.1. The number of benzene rings is 1. The van der Waals surface area contributed by atoms with E-state index in [1.807, 2.05) is 0 Å². The van der Waals surface area contributed by atoms with Gasteiger partial charge in [0.1, 0.15) is 0 Å². The molecule has 1 aromatic heterocycles. The highest BCUT2D eigenvalue weighted by Gasteiger charge is 2.34. The largest absolute Gasteiger partial charge is 0.443 e. The first kappa shape index (κ1) is 12.1. The molecule has 6 heteroatoms. The molecule has 2 N–H and O–H groups in total. The number of alkyl halides is 3. The Morgan fingerprint density at radius 3 is 2.29 bits per heavy atom. The fourth-order valence-electron chi connectivity index (χ4n) is 1.34. The number of hydrogen-bond acceptors (Lipinski definition) is 3. The molecule has 0 aliphatic carbocycles. The zero-order valence-corrected chi connectivity index (χ0v) is 9.48. The lowest BCUT2D eigenvalue weighted by Crippen LogP contribution is -2.02. The lowest BCUT2D eigenvalue weighted by molar-refractivity contribution is -0.137. The number of aromatic nitrogens is 1.